The van der Waals surface area contributed by atoms with E-state index in [1.165, 1.54) is 18.5 Å². The van der Waals surface area contributed by atoms with Gasteiger partial charge >= 0.3 is 0 Å². The third kappa shape index (κ3) is 1.53. The van der Waals surface area contributed by atoms with Gasteiger partial charge in [0.1, 0.15) is 5.52 Å². The summed E-state index contributed by atoms with van der Waals surface area (Å²) >= 11 is 0. The Hall–Kier alpha value is -2.69. The number of H-pyrrole nitrogens is 1. The number of aromatic amines is 1. The van der Waals surface area contributed by atoms with Gasteiger partial charge in [0, 0.05) is 0 Å². The maximum absolute atomic E-state index is 10.1. The average Bonchev–Trinajstić information content (AvgIpc) is 2.67. The summed E-state index contributed by atoms with van der Waals surface area (Å²) in [7, 11) is 0. The maximum Gasteiger partial charge on any atom is 0.264 e. The number of aromatic nitrogens is 4. The van der Waals surface area contributed by atoms with Crippen LogP contribution in [-0.2, 0) is 9.59 Å². The molecule has 8 heteroatoms. The summed E-state index contributed by atoms with van der Waals surface area (Å²) in [5, 5.41) is 0. The standard InChI is InChI=1S/C7H2N6O2/c14-2-10-6-4-5(9-1-8-4)12-7(13-6)11-3-15/h1H,(H,8,9,12,13). The molecule has 0 saturated heterocycles. The molecule has 2 aromatic heterocycles. The highest BCUT2D eigenvalue weighted by Crippen LogP contribution is 2.21. The van der Waals surface area contributed by atoms with Gasteiger partial charge in [-0.2, -0.15) is 9.97 Å². The highest BCUT2D eigenvalue weighted by Gasteiger charge is 2.08. The molecular formula is C7H2N6O2. The molecule has 0 aliphatic carbocycles. The van der Waals surface area contributed by atoms with Gasteiger partial charge in [0.15, 0.2) is 11.5 Å². The summed E-state index contributed by atoms with van der Waals surface area (Å²) in [5.41, 5.74) is 0.635. The molecule has 0 aromatic carbocycles. The first-order valence-electron chi connectivity index (χ1n) is 3.72. The van der Waals surface area contributed by atoms with E-state index in [2.05, 4.69) is 29.9 Å². The van der Waals surface area contributed by atoms with Gasteiger partial charge in [0.05, 0.1) is 6.33 Å². The van der Waals surface area contributed by atoms with Crippen molar-refractivity contribution in [3.05, 3.63) is 6.33 Å². The molecule has 0 amide bonds. The second kappa shape index (κ2) is 3.59. The van der Waals surface area contributed by atoms with Gasteiger partial charge in [0.25, 0.3) is 5.95 Å². The van der Waals surface area contributed by atoms with Crippen molar-refractivity contribution in [1.82, 2.24) is 19.9 Å². The summed E-state index contributed by atoms with van der Waals surface area (Å²) in [6.07, 6.45) is 3.97. The van der Waals surface area contributed by atoms with Crippen LogP contribution in [0.3, 0.4) is 0 Å². The number of isocyanates is 2. The van der Waals surface area contributed by atoms with Gasteiger partial charge in [-0.1, -0.05) is 0 Å². The first kappa shape index (κ1) is 8.89. The number of rotatable bonds is 2. The molecule has 15 heavy (non-hydrogen) atoms. The average molecular weight is 202 g/mol. The minimum atomic E-state index is -0.154. The van der Waals surface area contributed by atoms with E-state index in [-0.39, 0.29) is 17.4 Å². The molecule has 0 aliphatic heterocycles. The first-order valence-corrected chi connectivity index (χ1v) is 3.72. The van der Waals surface area contributed by atoms with E-state index >= 15 is 0 Å². The second-order valence-corrected chi connectivity index (χ2v) is 2.35. The third-order valence-electron chi connectivity index (χ3n) is 1.55. The molecule has 0 unspecified atom stereocenters. The topological polar surface area (TPSA) is 113 Å². The number of nitrogens with zero attached hydrogens (tertiary/aromatic N) is 5. The molecule has 2 aromatic rings. The lowest BCUT2D eigenvalue weighted by molar-refractivity contribution is 0.564. The molecule has 0 bridgehead atoms. The number of nitrogens with one attached hydrogen (secondary N) is 1. The van der Waals surface area contributed by atoms with Crippen molar-refractivity contribution in [3.63, 3.8) is 0 Å². The molecule has 0 aliphatic rings. The summed E-state index contributed by atoms with van der Waals surface area (Å²) in [6.45, 7) is 0. The van der Waals surface area contributed by atoms with Crippen molar-refractivity contribution in [2.75, 3.05) is 0 Å². The normalized spacial score (nSPS) is 9.33. The molecule has 1 N–H and O–H groups in total. The smallest absolute Gasteiger partial charge is 0.264 e. The lowest BCUT2D eigenvalue weighted by atomic mass is 10.5. The van der Waals surface area contributed by atoms with E-state index in [0.717, 1.165) is 0 Å². The van der Waals surface area contributed by atoms with Crippen LogP contribution in [0.15, 0.2) is 16.3 Å². The number of fused-ring (bicyclic) bond motifs is 1. The predicted molar refractivity (Wildman–Crippen MR) is 47.2 cm³/mol. The Labute approximate surface area is 81.8 Å². The van der Waals surface area contributed by atoms with Crippen LogP contribution in [0.4, 0.5) is 11.8 Å². The lowest BCUT2D eigenvalue weighted by Crippen LogP contribution is -1.84. The van der Waals surface area contributed by atoms with Crippen LogP contribution in [-0.4, -0.2) is 32.1 Å². The zero-order valence-corrected chi connectivity index (χ0v) is 7.13. The van der Waals surface area contributed by atoms with Crippen LogP contribution in [0.2, 0.25) is 0 Å². The summed E-state index contributed by atoms with van der Waals surface area (Å²) in [4.78, 5) is 40.7. The molecule has 0 spiro atoms. The van der Waals surface area contributed by atoms with Gasteiger partial charge in [-0.25, -0.2) is 14.6 Å². The van der Waals surface area contributed by atoms with Gasteiger partial charge in [-0.3, -0.25) is 0 Å². The fourth-order valence-corrected chi connectivity index (χ4v) is 1.02. The number of imidazole rings is 1. The molecule has 0 atom stereocenters. The van der Waals surface area contributed by atoms with Crippen LogP contribution in [0.25, 0.3) is 11.2 Å². The van der Waals surface area contributed by atoms with Crippen LogP contribution in [0, 0.1) is 0 Å². The Balaban J connectivity index is 2.79. The Morgan fingerprint density at radius 1 is 1.20 bits per heavy atom. The Bertz CT molecular complexity index is 605. The van der Waals surface area contributed by atoms with Crippen molar-refractivity contribution in [2.24, 2.45) is 9.98 Å². The Morgan fingerprint density at radius 3 is 2.73 bits per heavy atom. The molecule has 8 nitrogen and oxygen atoms in total. The van der Waals surface area contributed by atoms with Crippen molar-refractivity contribution in [2.45, 2.75) is 0 Å². The number of carbonyl (C=O) groups excluding carboxylic acids is 2. The summed E-state index contributed by atoms with van der Waals surface area (Å²) in [6, 6.07) is 0. The minimum Gasteiger partial charge on any atom is -0.340 e. The molecule has 0 radical (unpaired) electrons. The number of hydrogen-bond donors (Lipinski definition) is 1. The van der Waals surface area contributed by atoms with Crippen LogP contribution in [0.1, 0.15) is 0 Å². The summed E-state index contributed by atoms with van der Waals surface area (Å²) in [5.74, 6) is -0.125. The highest BCUT2D eigenvalue weighted by molar-refractivity contribution is 5.82. The van der Waals surface area contributed by atoms with Crippen LogP contribution >= 0.6 is 0 Å². The van der Waals surface area contributed by atoms with E-state index in [1.54, 1.807) is 0 Å². The van der Waals surface area contributed by atoms with Crippen LogP contribution in [0.5, 0.6) is 0 Å². The molecule has 2 rings (SSSR count). The first-order chi connectivity index (χ1) is 7.35. The highest BCUT2D eigenvalue weighted by atomic mass is 16.1. The SMILES string of the molecule is O=C=Nc1nc(N=C=O)c2[nH]cnc2n1. The quantitative estimate of drug-likeness (QED) is 0.555. The predicted octanol–water partition coefficient (Wildman–Crippen LogP) is 0.287. The molecule has 0 fully saturated rings. The van der Waals surface area contributed by atoms with Gasteiger partial charge in [-0.15, -0.1) is 9.98 Å². The molecule has 72 valence electrons. The third-order valence-corrected chi connectivity index (χ3v) is 1.55. The van der Waals surface area contributed by atoms with Crippen LogP contribution < -0.4 is 0 Å². The second-order valence-electron chi connectivity index (χ2n) is 2.35. The van der Waals surface area contributed by atoms with Gasteiger partial charge in [0.2, 0.25) is 12.2 Å². The van der Waals surface area contributed by atoms with E-state index in [4.69, 9.17) is 0 Å². The molecule has 2 heterocycles. The minimum absolute atomic E-state index is 0.0292. The van der Waals surface area contributed by atoms with Crippen molar-refractivity contribution >= 4 is 35.1 Å². The van der Waals surface area contributed by atoms with Gasteiger partial charge < -0.3 is 4.98 Å². The largest absolute Gasteiger partial charge is 0.340 e. The molecular weight excluding hydrogens is 200 g/mol. The van der Waals surface area contributed by atoms with Gasteiger partial charge in [-0.05, 0) is 0 Å². The number of hydrogen-bond acceptors (Lipinski definition) is 7. The maximum atomic E-state index is 10.1. The monoisotopic (exact) mass is 202 g/mol. The zero-order chi connectivity index (χ0) is 10.7. The van der Waals surface area contributed by atoms with Crippen molar-refractivity contribution in [1.29, 1.82) is 0 Å². The van der Waals surface area contributed by atoms with E-state index in [9.17, 15) is 9.59 Å². The van der Waals surface area contributed by atoms with E-state index in [0.29, 0.717) is 5.52 Å². The number of aliphatic imine (C=N–C) groups is 2. The zero-order valence-electron chi connectivity index (χ0n) is 7.13. The van der Waals surface area contributed by atoms with E-state index in [1.807, 2.05) is 0 Å². The van der Waals surface area contributed by atoms with E-state index < -0.39 is 0 Å². The lowest BCUT2D eigenvalue weighted by Gasteiger charge is -1.93. The van der Waals surface area contributed by atoms with Crippen molar-refractivity contribution < 1.29 is 9.59 Å². The fraction of sp³-hybridized carbons (Fsp3) is 0. The summed E-state index contributed by atoms with van der Waals surface area (Å²) < 4.78 is 0. The Morgan fingerprint density at radius 2 is 2.00 bits per heavy atom. The fourth-order valence-electron chi connectivity index (χ4n) is 1.02. The molecule has 0 saturated carbocycles. The Kier molecular flexibility index (Phi) is 2.12. The van der Waals surface area contributed by atoms with Crippen molar-refractivity contribution in [3.8, 4) is 0 Å².